The number of hydrogen-bond acceptors (Lipinski definition) is 3. The molecule has 0 amide bonds. The van der Waals surface area contributed by atoms with Crippen molar-refractivity contribution in [3.63, 3.8) is 0 Å². The molecule has 1 rings (SSSR count). The number of sulfone groups is 1. The van der Waals surface area contributed by atoms with Crippen LogP contribution in [0.5, 0.6) is 0 Å². The van der Waals surface area contributed by atoms with Crippen LogP contribution < -0.4 is 5.73 Å². The molecule has 1 aromatic carbocycles. The van der Waals surface area contributed by atoms with Gasteiger partial charge in [-0.05, 0) is 38.3 Å². The minimum atomic E-state index is -3.07. The summed E-state index contributed by atoms with van der Waals surface area (Å²) in [6.45, 7) is 5.71. The summed E-state index contributed by atoms with van der Waals surface area (Å²) in [5, 5.41) is -0.512. The summed E-state index contributed by atoms with van der Waals surface area (Å²) < 4.78 is 22.9. The number of benzene rings is 1. The summed E-state index contributed by atoms with van der Waals surface area (Å²) in [4.78, 5) is 0. The number of nitrogens with two attached hydrogens (primary N) is 1. The topological polar surface area (TPSA) is 60.2 Å². The average Bonchev–Trinajstić information content (AvgIpc) is 2.21. The van der Waals surface area contributed by atoms with Crippen LogP contribution in [-0.2, 0) is 16.3 Å². The van der Waals surface area contributed by atoms with E-state index in [-0.39, 0.29) is 6.04 Å². The Balaban J connectivity index is 2.88. The van der Waals surface area contributed by atoms with Crippen molar-refractivity contribution in [2.75, 3.05) is 6.26 Å². The molecule has 2 atom stereocenters. The molecule has 0 heterocycles. The zero-order valence-electron chi connectivity index (χ0n) is 10.9. The van der Waals surface area contributed by atoms with Crippen LogP contribution in [0.3, 0.4) is 0 Å². The van der Waals surface area contributed by atoms with Gasteiger partial charge < -0.3 is 5.73 Å². The van der Waals surface area contributed by atoms with Gasteiger partial charge in [-0.15, -0.1) is 0 Å². The molecule has 17 heavy (non-hydrogen) atoms. The monoisotopic (exact) mass is 255 g/mol. The van der Waals surface area contributed by atoms with E-state index in [2.05, 4.69) is 6.07 Å². The van der Waals surface area contributed by atoms with E-state index in [1.807, 2.05) is 26.0 Å². The smallest absolute Gasteiger partial charge is 0.151 e. The quantitative estimate of drug-likeness (QED) is 0.889. The van der Waals surface area contributed by atoms with Gasteiger partial charge in [-0.2, -0.15) is 0 Å². The van der Waals surface area contributed by atoms with Gasteiger partial charge in [0.25, 0.3) is 0 Å². The van der Waals surface area contributed by atoms with Crippen LogP contribution in [0.25, 0.3) is 0 Å². The van der Waals surface area contributed by atoms with E-state index in [1.165, 1.54) is 11.8 Å². The molecule has 0 fully saturated rings. The predicted molar refractivity (Wildman–Crippen MR) is 71.9 cm³/mol. The third-order valence-corrected chi connectivity index (χ3v) is 4.94. The summed E-state index contributed by atoms with van der Waals surface area (Å²) in [5.41, 5.74) is 9.44. The molecule has 2 unspecified atom stereocenters. The molecule has 0 aromatic heterocycles. The number of aryl methyl sites for hydroxylation is 2. The fourth-order valence-corrected chi connectivity index (χ4v) is 2.49. The molecule has 0 aliphatic rings. The fraction of sp³-hybridized carbons (Fsp3) is 0.538. The Morgan fingerprint density at radius 2 is 1.88 bits per heavy atom. The standard InChI is InChI=1S/C13H21NO2S/c1-9-5-6-10(2)12(7-9)8-13(14)11(3)17(4,15)16/h5-7,11,13H,8,14H2,1-4H3. The average molecular weight is 255 g/mol. The van der Waals surface area contributed by atoms with Gasteiger partial charge in [0.15, 0.2) is 9.84 Å². The highest BCUT2D eigenvalue weighted by molar-refractivity contribution is 7.91. The highest BCUT2D eigenvalue weighted by Crippen LogP contribution is 2.15. The number of rotatable bonds is 4. The van der Waals surface area contributed by atoms with Crippen molar-refractivity contribution in [1.82, 2.24) is 0 Å². The molecular formula is C13H21NO2S. The third kappa shape index (κ3) is 3.82. The van der Waals surface area contributed by atoms with E-state index < -0.39 is 15.1 Å². The molecule has 4 heteroatoms. The van der Waals surface area contributed by atoms with Gasteiger partial charge in [-0.25, -0.2) is 8.42 Å². The first-order valence-electron chi connectivity index (χ1n) is 5.72. The summed E-state index contributed by atoms with van der Waals surface area (Å²) >= 11 is 0. The largest absolute Gasteiger partial charge is 0.326 e. The van der Waals surface area contributed by atoms with Gasteiger partial charge in [-0.1, -0.05) is 23.8 Å². The Hall–Kier alpha value is -0.870. The van der Waals surface area contributed by atoms with Crippen LogP contribution in [-0.4, -0.2) is 26.0 Å². The van der Waals surface area contributed by atoms with Gasteiger partial charge in [-0.3, -0.25) is 0 Å². The fourth-order valence-electron chi connectivity index (χ4n) is 1.76. The van der Waals surface area contributed by atoms with Gasteiger partial charge in [0.2, 0.25) is 0 Å². The lowest BCUT2D eigenvalue weighted by atomic mass is 9.98. The molecule has 0 spiro atoms. The van der Waals surface area contributed by atoms with Crippen molar-refractivity contribution in [3.05, 3.63) is 34.9 Å². The predicted octanol–water partition coefficient (Wildman–Crippen LogP) is 1.61. The van der Waals surface area contributed by atoms with E-state index in [9.17, 15) is 8.42 Å². The Kier molecular flexibility index (Phi) is 4.33. The zero-order valence-corrected chi connectivity index (χ0v) is 11.7. The second-order valence-corrected chi connectivity index (χ2v) is 7.24. The maximum atomic E-state index is 11.4. The maximum Gasteiger partial charge on any atom is 0.151 e. The van der Waals surface area contributed by atoms with Crippen LogP contribution in [0.2, 0.25) is 0 Å². The van der Waals surface area contributed by atoms with Gasteiger partial charge >= 0.3 is 0 Å². The van der Waals surface area contributed by atoms with E-state index >= 15 is 0 Å². The molecular weight excluding hydrogens is 234 g/mol. The van der Waals surface area contributed by atoms with Crippen molar-refractivity contribution >= 4 is 9.84 Å². The molecule has 0 aliphatic heterocycles. The molecule has 0 saturated heterocycles. The molecule has 0 radical (unpaired) electrons. The molecule has 2 N–H and O–H groups in total. The zero-order chi connectivity index (χ0) is 13.2. The van der Waals surface area contributed by atoms with Crippen molar-refractivity contribution in [1.29, 1.82) is 0 Å². The normalized spacial score (nSPS) is 15.6. The lowest BCUT2D eigenvalue weighted by molar-refractivity contribution is 0.561. The first-order valence-corrected chi connectivity index (χ1v) is 7.68. The van der Waals surface area contributed by atoms with Crippen LogP contribution in [0.4, 0.5) is 0 Å². The summed E-state index contributed by atoms with van der Waals surface area (Å²) in [6.07, 6.45) is 1.84. The maximum absolute atomic E-state index is 11.4. The van der Waals surface area contributed by atoms with E-state index in [1.54, 1.807) is 6.92 Å². The second kappa shape index (κ2) is 5.19. The van der Waals surface area contributed by atoms with Crippen molar-refractivity contribution in [3.8, 4) is 0 Å². The minimum absolute atomic E-state index is 0.356. The summed E-state index contributed by atoms with van der Waals surface area (Å²) in [5.74, 6) is 0. The lowest BCUT2D eigenvalue weighted by Gasteiger charge is -2.19. The summed E-state index contributed by atoms with van der Waals surface area (Å²) in [6, 6.07) is 5.81. The first kappa shape index (κ1) is 14.2. The molecule has 0 bridgehead atoms. The summed E-state index contributed by atoms with van der Waals surface area (Å²) in [7, 11) is -3.07. The van der Waals surface area contributed by atoms with Crippen LogP contribution >= 0.6 is 0 Å². The molecule has 96 valence electrons. The Bertz CT molecular complexity index is 494. The highest BCUT2D eigenvalue weighted by Gasteiger charge is 2.23. The van der Waals surface area contributed by atoms with E-state index in [4.69, 9.17) is 5.73 Å². The van der Waals surface area contributed by atoms with Crippen molar-refractivity contribution in [2.24, 2.45) is 5.73 Å². The molecule has 3 nitrogen and oxygen atoms in total. The molecule has 0 saturated carbocycles. The first-order chi connectivity index (χ1) is 7.71. The van der Waals surface area contributed by atoms with Crippen LogP contribution in [0.1, 0.15) is 23.6 Å². The Labute approximate surface area is 104 Å². The highest BCUT2D eigenvalue weighted by atomic mass is 32.2. The van der Waals surface area contributed by atoms with Gasteiger partial charge in [0.1, 0.15) is 0 Å². The minimum Gasteiger partial charge on any atom is -0.326 e. The molecule has 1 aromatic rings. The van der Waals surface area contributed by atoms with E-state index in [0.29, 0.717) is 6.42 Å². The van der Waals surface area contributed by atoms with Gasteiger partial charge in [0.05, 0.1) is 5.25 Å². The molecule has 0 aliphatic carbocycles. The number of hydrogen-bond donors (Lipinski definition) is 1. The second-order valence-electron chi connectivity index (χ2n) is 4.83. The lowest BCUT2D eigenvalue weighted by Crippen LogP contribution is -2.39. The SMILES string of the molecule is Cc1ccc(C)c(CC(N)C(C)S(C)(=O)=O)c1. The Morgan fingerprint density at radius 3 is 2.41 bits per heavy atom. The van der Waals surface area contributed by atoms with Crippen molar-refractivity contribution < 1.29 is 8.42 Å². The van der Waals surface area contributed by atoms with Crippen LogP contribution in [0, 0.1) is 13.8 Å². The van der Waals surface area contributed by atoms with Crippen molar-refractivity contribution in [2.45, 2.75) is 38.5 Å². The van der Waals surface area contributed by atoms with Crippen LogP contribution in [0.15, 0.2) is 18.2 Å². The Morgan fingerprint density at radius 1 is 1.29 bits per heavy atom. The third-order valence-electron chi connectivity index (χ3n) is 3.24. The van der Waals surface area contributed by atoms with E-state index in [0.717, 1.165) is 11.1 Å². The van der Waals surface area contributed by atoms with Gasteiger partial charge in [0, 0.05) is 12.3 Å².